The fourth-order valence-corrected chi connectivity index (χ4v) is 5.58. The SMILES string of the molecule is O=C(O)CCCNC(=O)c1ccc(COc2cccc(C(NC(=O)O[C@H]3CN4CCC3CC4)c3ccccc3)c2)cc1. The molecule has 2 bridgehead atoms. The van der Waals surface area contributed by atoms with Crippen LogP contribution in [0.25, 0.3) is 0 Å². The fraction of sp³-hybridized carbons (Fsp3) is 0.364. The third-order valence-corrected chi connectivity index (χ3v) is 7.92. The number of hydrogen-bond acceptors (Lipinski definition) is 6. The van der Waals surface area contributed by atoms with Crippen LogP contribution in [0.1, 0.15) is 58.8 Å². The van der Waals surface area contributed by atoms with E-state index in [0.29, 0.717) is 36.8 Å². The van der Waals surface area contributed by atoms with Crippen LogP contribution in [0.15, 0.2) is 78.9 Å². The number of piperidine rings is 3. The number of carboxylic acid groups (broad SMARTS) is 1. The van der Waals surface area contributed by atoms with Crippen LogP contribution < -0.4 is 15.4 Å². The van der Waals surface area contributed by atoms with E-state index in [0.717, 1.165) is 49.2 Å². The second-order valence-electron chi connectivity index (χ2n) is 10.9. The minimum Gasteiger partial charge on any atom is -0.489 e. The molecule has 42 heavy (non-hydrogen) atoms. The number of hydrogen-bond donors (Lipinski definition) is 3. The van der Waals surface area contributed by atoms with Gasteiger partial charge in [-0.2, -0.15) is 0 Å². The highest BCUT2D eigenvalue weighted by molar-refractivity contribution is 5.94. The van der Waals surface area contributed by atoms with Crippen LogP contribution in [0.3, 0.4) is 0 Å². The van der Waals surface area contributed by atoms with E-state index in [1.807, 2.05) is 66.7 Å². The van der Waals surface area contributed by atoms with Crippen molar-refractivity contribution in [2.75, 3.05) is 26.2 Å². The zero-order chi connectivity index (χ0) is 29.3. The highest BCUT2D eigenvalue weighted by Crippen LogP contribution is 2.30. The number of amides is 2. The van der Waals surface area contributed by atoms with Crippen LogP contribution in [0.2, 0.25) is 0 Å². The lowest BCUT2D eigenvalue weighted by atomic mass is 9.86. The lowest BCUT2D eigenvalue weighted by Crippen LogP contribution is -2.52. The highest BCUT2D eigenvalue weighted by atomic mass is 16.6. The summed E-state index contributed by atoms with van der Waals surface area (Å²) in [6.07, 6.45) is 2.05. The average Bonchev–Trinajstić information content (AvgIpc) is 3.02. The molecule has 3 fully saturated rings. The van der Waals surface area contributed by atoms with Gasteiger partial charge in [-0.05, 0) is 79.2 Å². The standard InChI is InChI=1S/C33H37N3O6/c37-30(38)10-5-17-34-32(39)26-13-11-23(12-14-26)22-41-28-9-4-8-27(20-28)31(25-6-2-1-3-7-25)35-33(40)42-29-21-36-18-15-24(29)16-19-36/h1-4,6-9,11-14,20,24,29,31H,5,10,15-19,21-22H2,(H,34,39)(H,35,40)(H,37,38)/t29-,31?/m0/s1. The number of carbonyl (C=O) groups is 3. The number of benzene rings is 3. The van der Waals surface area contributed by atoms with Crippen molar-refractivity contribution >= 4 is 18.0 Å². The maximum atomic E-state index is 13.1. The number of carbonyl (C=O) groups excluding carboxylic acids is 2. The molecule has 0 spiro atoms. The van der Waals surface area contributed by atoms with E-state index in [1.54, 1.807) is 12.1 Å². The van der Waals surface area contributed by atoms with E-state index < -0.39 is 18.1 Å². The maximum Gasteiger partial charge on any atom is 0.408 e. The summed E-state index contributed by atoms with van der Waals surface area (Å²) in [4.78, 5) is 38.3. The van der Waals surface area contributed by atoms with Gasteiger partial charge in [0.05, 0.1) is 6.04 Å². The summed E-state index contributed by atoms with van der Waals surface area (Å²) < 4.78 is 12.0. The van der Waals surface area contributed by atoms with E-state index in [2.05, 4.69) is 15.5 Å². The summed E-state index contributed by atoms with van der Waals surface area (Å²) in [6, 6.07) is 24.2. The van der Waals surface area contributed by atoms with Crippen molar-refractivity contribution in [2.24, 2.45) is 5.92 Å². The Labute approximate surface area is 245 Å². The lowest BCUT2D eigenvalue weighted by Gasteiger charge is -2.43. The predicted octanol–water partition coefficient (Wildman–Crippen LogP) is 4.77. The second kappa shape index (κ2) is 14.0. The molecule has 0 saturated carbocycles. The zero-order valence-electron chi connectivity index (χ0n) is 23.5. The molecule has 220 valence electrons. The van der Waals surface area contributed by atoms with Crippen molar-refractivity contribution in [1.82, 2.24) is 15.5 Å². The number of rotatable bonds is 12. The van der Waals surface area contributed by atoms with Gasteiger partial charge in [-0.15, -0.1) is 0 Å². The van der Waals surface area contributed by atoms with Crippen molar-refractivity contribution < 1.29 is 29.0 Å². The van der Waals surface area contributed by atoms with Gasteiger partial charge < -0.3 is 25.2 Å². The molecule has 3 aliphatic heterocycles. The van der Waals surface area contributed by atoms with Crippen molar-refractivity contribution in [3.63, 3.8) is 0 Å². The first-order chi connectivity index (χ1) is 20.4. The molecule has 1 unspecified atom stereocenters. The van der Waals surface area contributed by atoms with Gasteiger partial charge in [0, 0.05) is 25.1 Å². The zero-order valence-corrected chi connectivity index (χ0v) is 23.5. The van der Waals surface area contributed by atoms with Gasteiger partial charge in [0.15, 0.2) is 0 Å². The topological polar surface area (TPSA) is 117 Å². The Morgan fingerprint density at radius 2 is 1.67 bits per heavy atom. The van der Waals surface area contributed by atoms with Crippen molar-refractivity contribution in [1.29, 1.82) is 0 Å². The monoisotopic (exact) mass is 571 g/mol. The van der Waals surface area contributed by atoms with Crippen LogP contribution in [0.5, 0.6) is 5.75 Å². The van der Waals surface area contributed by atoms with Crippen LogP contribution in [0.4, 0.5) is 4.79 Å². The molecule has 0 radical (unpaired) electrons. The van der Waals surface area contributed by atoms with Crippen molar-refractivity contribution in [3.8, 4) is 5.75 Å². The molecule has 0 aromatic heterocycles. The summed E-state index contributed by atoms with van der Waals surface area (Å²) in [7, 11) is 0. The van der Waals surface area contributed by atoms with Crippen LogP contribution in [-0.4, -0.2) is 60.3 Å². The van der Waals surface area contributed by atoms with Gasteiger partial charge in [-0.3, -0.25) is 14.5 Å². The molecule has 2 atom stereocenters. The summed E-state index contributed by atoms with van der Waals surface area (Å²) in [6.45, 7) is 3.58. The molecule has 3 aliphatic rings. The number of nitrogens with zero attached hydrogens (tertiary/aromatic N) is 1. The molecular formula is C33H37N3O6. The normalized spacial score (nSPS) is 19.9. The summed E-state index contributed by atoms with van der Waals surface area (Å²) in [5.74, 6) is -0.0404. The third-order valence-electron chi connectivity index (χ3n) is 7.92. The molecule has 2 amide bonds. The number of ether oxygens (including phenoxy) is 2. The number of aliphatic carboxylic acids is 1. The van der Waals surface area contributed by atoms with Gasteiger partial charge in [-0.25, -0.2) is 4.79 Å². The molecule has 3 heterocycles. The van der Waals surface area contributed by atoms with E-state index in [9.17, 15) is 14.4 Å². The summed E-state index contributed by atoms with van der Waals surface area (Å²) in [5.41, 5.74) is 3.21. The van der Waals surface area contributed by atoms with E-state index in [1.165, 1.54) is 0 Å². The molecule has 3 aromatic carbocycles. The highest BCUT2D eigenvalue weighted by Gasteiger charge is 2.36. The van der Waals surface area contributed by atoms with Crippen LogP contribution in [0, 0.1) is 5.92 Å². The van der Waals surface area contributed by atoms with Gasteiger partial charge in [0.2, 0.25) is 0 Å². The molecule has 3 N–H and O–H groups in total. The first-order valence-corrected chi connectivity index (χ1v) is 14.5. The Balaban J connectivity index is 1.20. The Bertz CT molecular complexity index is 1360. The largest absolute Gasteiger partial charge is 0.489 e. The smallest absolute Gasteiger partial charge is 0.408 e. The molecular weight excluding hydrogens is 534 g/mol. The Hall–Kier alpha value is -4.37. The molecule has 0 aliphatic carbocycles. The number of nitrogens with one attached hydrogen (secondary N) is 2. The number of alkyl carbamates (subject to hydrolysis) is 1. The molecule has 9 heteroatoms. The first kappa shape index (κ1) is 29.1. The number of carboxylic acids is 1. The maximum absolute atomic E-state index is 13.1. The first-order valence-electron chi connectivity index (χ1n) is 14.5. The second-order valence-corrected chi connectivity index (χ2v) is 10.9. The average molecular weight is 572 g/mol. The minimum absolute atomic E-state index is 0.0176. The van der Waals surface area contributed by atoms with E-state index in [-0.39, 0.29) is 18.4 Å². The van der Waals surface area contributed by atoms with E-state index >= 15 is 0 Å². The van der Waals surface area contributed by atoms with Crippen molar-refractivity contribution in [2.45, 2.75) is 44.4 Å². The predicted molar refractivity (Wildman–Crippen MR) is 157 cm³/mol. The number of fused-ring (bicyclic) bond motifs is 3. The minimum atomic E-state index is -0.881. The Morgan fingerprint density at radius 3 is 2.36 bits per heavy atom. The van der Waals surface area contributed by atoms with Gasteiger partial charge in [-0.1, -0.05) is 54.6 Å². The quantitative estimate of drug-likeness (QED) is 0.268. The molecule has 6 rings (SSSR count). The Kier molecular flexibility index (Phi) is 9.71. The molecule has 9 nitrogen and oxygen atoms in total. The molecule has 3 saturated heterocycles. The third kappa shape index (κ3) is 7.88. The lowest BCUT2D eigenvalue weighted by molar-refractivity contribution is -0.137. The summed E-state index contributed by atoms with van der Waals surface area (Å²) >= 11 is 0. The van der Waals surface area contributed by atoms with Crippen molar-refractivity contribution in [3.05, 3.63) is 101 Å². The van der Waals surface area contributed by atoms with Crippen LogP contribution >= 0.6 is 0 Å². The summed E-state index contributed by atoms with van der Waals surface area (Å²) in [5, 5.41) is 14.5. The van der Waals surface area contributed by atoms with Gasteiger partial charge in [0.1, 0.15) is 18.5 Å². The Morgan fingerprint density at radius 1 is 0.929 bits per heavy atom. The van der Waals surface area contributed by atoms with Gasteiger partial charge in [0.25, 0.3) is 5.91 Å². The van der Waals surface area contributed by atoms with Crippen LogP contribution in [-0.2, 0) is 16.1 Å². The van der Waals surface area contributed by atoms with E-state index in [4.69, 9.17) is 14.6 Å². The fourth-order valence-electron chi connectivity index (χ4n) is 5.58. The van der Waals surface area contributed by atoms with Gasteiger partial charge >= 0.3 is 12.1 Å². The molecule has 3 aromatic rings.